The molecule has 0 saturated carbocycles. The number of hydrogen-bond donors (Lipinski definition) is 1. The zero-order chi connectivity index (χ0) is 31.1. The molecule has 0 bridgehead atoms. The Kier molecular flexibility index (Phi) is 9.80. The fraction of sp³-hybridized carbons (Fsp3) is 0.281. The van der Waals surface area contributed by atoms with Crippen LogP contribution in [-0.4, -0.2) is 64.4 Å². The van der Waals surface area contributed by atoms with Crippen LogP contribution >= 0.6 is 11.8 Å². The lowest BCUT2D eigenvalue weighted by Crippen LogP contribution is -2.29. The molecule has 1 atom stereocenters. The van der Waals surface area contributed by atoms with E-state index in [0.29, 0.717) is 28.9 Å². The molecule has 11 nitrogen and oxygen atoms in total. The SMILES string of the molecule is COc1ccc(C2=NN(C(=O)CSc3nnc(CNC(=O)Cc4ccccc4)n3C)C(c3cccc(OC)c3OC)C2)cc1. The first kappa shape index (κ1) is 30.6. The molecule has 0 fully saturated rings. The summed E-state index contributed by atoms with van der Waals surface area (Å²) in [5.41, 5.74) is 3.40. The van der Waals surface area contributed by atoms with Gasteiger partial charge in [-0.3, -0.25) is 9.59 Å². The van der Waals surface area contributed by atoms with Crippen molar-refractivity contribution in [1.82, 2.24) is 25.1 Å². The van der Waals surface area contributed by atoms with Gasteiger partial charge in [0.25, 0.3) is 5.91 Å². The number of methoxy groups -OCH3 is 3. The highest BCUT2D eigenvalue weighted by Crippen LogP contribution is 2.42. The molecule has 0 spiro atoms. The van der Waals surface area contributed by atoms with Crippen molar-refractivity contribution in [2.75, 3.05) is 27.1 Å². The molecular formula is C32H34N6O5S. The first-order valence-electron chi connectivity index (χ1n) is 14.0. The van der Waals surface area contributed by atoms with Crippen molar-refractivity contribution < 1.29 is 23.8 Å². The summed E-state index contributed by atoms with van der Waals surface area (Å²) >= 11 is 1.26. The van der Waals surface area contributed by atoms with Gasteiger partial charge < -0.3 is 24.1 Å². The van der Waals surface area contributed by atoms with Gasteiger partial charge in [0.1, 0.15) is 5.75 Å². The lowest BCUT2D eigenvalue weighted by atomic mass is 9.97. The molecule has 228 valence electrons. The van der Waals surface area contributed by atoms with Crippen LogP contribution in [0.25, 0.3) is 0 Å². The third-order valence-electron chi connectivity index (χ3n) is 7.28. The van der Waals surface area contributed by atoms with Gasteiger partial charge in [0.2, 0.25) is 5.91 Å². The van der Waals surface area contributed by atoms with Crippen LogP contribution < -0.4 is 19.5 Å². The van der Waals surface area contributed by atoms with Crippen molar-refractivity contribution in [2.45, 2.75) is 30.6 Å². The van der Waals surface area contributed by atoms with Crippen LogP contribution in [0.2, 0.25) is 0 Å². The molecule has 1 aliphatic rings. The minimum Gasteiger partial charge on any atom is -0.497 e. The van der Waals surface area contributed by atoms with E-state index < -0.39 is 6.04 Å². The van der Waals surface area contributed by atoms with E-state index in [9.17, 15) is 9.59 Å². The van der Waals surface area contributed by atoms with Gasteiger partial charge in [-0.05, 0) is 41.5 Å². The van der Waals surface area contributed by atoms with E-state index in [2.05, 4.69) is 15.5 Å². The van der Waals surface area contributed by atoms with E-state index in [1.165, 1.54) is 16.8 Å². The Morgan fingerprint density at radius 1 is 0.932 bits per heavy atom. The molecule has 0 radical (unpaired) electrons. The minimum absolute atomic E-state index is 0.0779. The minimum atomic E-state index is -0.403. The average molecular weight is 615 g/mol. The van der Waals surface area contributed by atoms with E-state index in [0.717, 1.165) is 28.2 Å². The van der Waals surface area contributed by atoms with E-state index >= 15 is 0 Å². The second-order valence-corrected chi connectivity index (χ2v) is 10.9. The van der Waals surface area contributed by atoms with Crippen molar-refractivity contribution in [2.24, 2.45) is 12.1 Å². The second-order valence-electron chi connectivity index (χ2n) is 10.0. The summed E-state index contributed by atoms with van der Waals surface area (Å²) in [6.07, 6.45) is 0.770. The van der Waals surface area contributed by atoms with Crippen LogP contribution in [0.3, 0.4) is 0 Å². The zero-order valence-corrected chi connectivity index (χ0v) is 25.8. The number of hydrogen-bond acceptors (Lipinski definition) is 9. The van der Waals surface area contributed by atoms with E-state index in [1.807, 2.05) is 79.8 Å². The number of benzene rings is 3. The van der Waals surface area contributed by atoms with Crippen molar-refractivity contribution >= 4 is 29.3 Å². The summed E-state index contributed by atoms with van der Waals surface area (Å²) in [6.45, 7) is 0.225. The van der Waals surface area contributed by atoms with Crippen LogP contribution in [-0.2, 0) is 29.6 Å². The third kappa shape index (κ3) is 6.86. The Labute approximate surface area is 260 Å². The Balaban J connectivity index is 1.30. The predicted molar refractivity (Wildman–Crippen MR) is 167 cm³/mol. The number of carbonyl (C=O) groups is 2. The third-order valence-corrected chi connectivity index (χ3v) is 8.29. The van der Waals surface area contributed by atoms with Crippen molar-refractivity contribution in [3.63, 3.8) is 0 Å². The zero-order valence-electron chi connectivity index (χ0n) is 25.0. The topological polar surface area (TPSA) is 120 Å². The molecule has 1 aromatic heterocycles. The lowest BCUT2D eigenvalue weighted by molar-refractivity contribution is -0.130. The fourth-order valence-electron chi connectivity index (χ4n) is 4.95. The number of rotatable bonds is 12. The van der Waals surface area contributed by atoms with Crippen LogP contribution in [0.4, 0.5) is 0 Å². The predicted octanol–water partition coefficient (Wildman–Crippen LogP) is 4.17. The molecule has 3 aromatic carbocycles. The molecular weight excluding hydrogens is 580 g/mol. The van der Waals surface area contributed by atoms with Gasteiger partial charge >= 0.3 is 0 Å². The summed E-state index contributed by atoms with van der Waals surface area (Å²) < 4.78 is 18.3. The number of thioether (sulfide) groups is 1. The second kappa shape index (κ2) is 14.1. The molecule has 12 heteroatoms. The summed E-state index contributed by atoms with van der Waals surface area (Å²) in [5, 5.41) is 18.2. The highest BCUT2D eigenvalue weighted by atomic mass is 32.2. The Morgan fingerprint density at radius 2 is 1.70 bits per heavy atom. The van der Waals surface area contributed by atoms with Crippen molar-refractivity contribution in [3.05, 3.63) is 95.3 Å². The van der Waals surface area contributed by atoms with Crippen molar-refractivity contribution in [1.29, 1.82) is 0 Å². The maximum absolute atomic E-state index is 13.7. The van der Waals surface area contributed by atoms with Gasteiger partial charge in [-0.25, -0.2) is 5.01 Å². The molecule has 1 aliphatic heterocycles. The molecule has 2 heterocycles. The van der Waals surface area contributed by atoms with Gasteiger partial charge in [-0.2, -0.15) is 5.10 Å². The fourth-order valence-corrected chi connectivity index (χ4v) is 5.74. The van der Waals surface area contributed by atoms with Crippen LogP contribution in [0.5, 0.6) is 17.2 Å². The summed E-state index contributed by atoms with van der Waals surface area (Å²) in [5.74, 6) is 2.23. The van der Waals surface area contributed by atoms with Gasteiger partial charge in [0, 0.05) is 19.0 Å². The first-order valence-corrected chi connectivity index (χ1v) is 15.0. The van der Waals surface area contributed by atoms with Gasteiger partial charge in [-0.15, -0.1) is 10.2 Å². The molecule has 2 amide bonds. The van der Waals surface area contributed by atoms with E-state index in [4.69, 9.17) is 19.3 Å². The first-order chi connectivity index (χ1) is 21.4. The Morgan fingerprint density at radius 3 is 2.41 bits per heavy atom. The molecule has 44 heavy (non-hydrogen) atoms. The maximum atomic E-state index is 13.7. The number of para-hydroxylation sites is 1. The number of ether oxygens (including phenoxy) is 3. The molecule has 0 aliphatic carbocycles. The monoisotopic (exact) mass is 614 g/mol. The van der Waals surface area contributed by atoms with Crippen molar-refractivity contribution in [3.8, 4) is 17.2 Å². The number of hydrazone groups is 1. The highest BCUT2D eigenvalue weighted by Gasteiger charge is 2.35. The normalized spacial score (nSPS) is 14.2. The lowest BCUT2D eigenvalue weighted by Gasteiger charge is -2.24. The van der Waals surface area contributed by atoms with Gasteiger partial charge in [0.05, 0.1) is 51.8 Å². The van der Waals surface area contributed by atoms with E-state index in [-0.39, 0.29) is 30.5 Å². The number of nitrogens with zero attached hydrogens (tertiary/aromatic N) is 5. The van der Waals surface area contributed by atoms with Crippen LogP contribution in [0, 0.1) is 0 Å². The summed E-state index contributed by atoms with van der Waals surface area (Å²) in [4.78, 5) is 26.1. The standard InChI is InChI=1S/C32H34N6O5S/c1-37-28(19-33-29(39)17-21-9-6-5-7-10-21)34-35-32(37)44-20-30(40)38-26(24-11-8-12-27(42-3)31(24)43-4)18-25(36-38)22-13-15-23(41-2)16-14-22/h5-16,26H,17-20H2,1-4H3,(H,33,39). The molecule has 1 N–H and O–H groups in total. The quantitative estimate of drug-likeness (QED) is 0.236. The molecule has 5 rings (SSSR count). The number of aromatic nitrogens is 3. The van der Waals surface area contributed by atoms with Gasteiger partial charge in [0.15, 0.2) is 22.5 Å². The number of nitrogens with one attached hydrogen (secondary N) is 1. The van der Waals surface area contributed by atoms with E-state index in [1.54, 1.807) is 25.9 Å². The maximum Gasteiger partial charge on any atom is 0.253 e. The van der Waals surface area contributed by atoms with Gasteiger partial charge in [-0.1, -0.05) is 54.2 Å². The molecule has 4 aromatic rings. The Hall–Kier alpha value is -4.84. The average Bonchev–Trinajstić information content (AvgIpc) is 3.66. The molecule has 0 saturated heterocycles. The number of carbonyl (C=O) groups excluding carboxylic acids is 2. The largest absolute Gasteiger partial charge is 0.497 e. The smallest absolute Gasteiger partial charge is 0.253 e. The molecule has 1 unspecified atom stereocenters. The van der Waals surface area contributed by atoms with Crippen LogP contribution in [0.1, 0.15) is 35.0 Å². The number of amides is 2. The highest BCUT2D eigenvalue weighted by molar-refractivity contribution is 7.99. The summed E-state index contributed by atoms with van der Waals surface area (Å²) in [6, 6.07) is 22.4. The Bertz CT molecular complexity index is 1640. The summed E-state index contributed by atoms with van der Waals surface area (Å²) in [7, 11) is 6.59. The van der Waals surface area contributed by atoms with Crippen LogP contribution in [0.15, 0.2) is 83.1 Å².